The first-order valence-corrected chi connectivity index (χ1v) is 9.25. The van der Waals surface area contributed by atoms with Gasteiger partial charge in [-0.1, -0.05) is 12.1 Å². The Kier molecular flexibility index (Phi) is 6.29. The van der Waals surface area contributed by atoms with Crippen LogP contribution in [0.25, 0.3) is 0 Å². The van der Waals surface area contributed by atoms with Gasteiger partial charge in [-0.3, -0.25) is 4.79 Å². The molecule has 1 N–H and O–H groups in total. The number of hydrogen-bond acceptors (Lipinski definition) is 6. The molecule has 0 aliphatic rings. The van der Waals surface area contributed by atoms with Gasteiger partial charge < -0.3 is 19.7 Å². The zero-order chi connectivity index (χ0) is 20.8. The van der Waals surface area contributed by atoms with Crippen LogP contribution in [-0.2, 0) is 0 Å². The Hall–Kier alpha value is -3.61. The lowest BCUT2D eigenvalue weighted by Crippen LogP contribution is -2.20. The van der Waals surface area contributed by atoms with Crippen molar-refractivity contribution < 1.29 is 14.3 Å². The summed E-state index contributed by atoms with van der Waals surface area (Å²) in [6.07, 6.45) is 3.03. The number of nitrogens with zero attached hydrogens (tertiary/aromatic N) is 3. The summed E-state index contributed by atoms with van der Waals surface area (Å²) in [5.74, 6) is 1.35. The van der Waals surface area contributed by atoms with Crippen molar-refractivity contribution in [3.8, 4) is 11.5 Å². The highest BCUT2D eigenvalue weighted by Gasteiger charge is 2.14. The molecule has 0 aliphatic heterocycles. The van der Waals surface area contributed by atoms with Crippen LogP contribution in [0, 0.1) is 6.92 Å². The van der Waals surface area contributed by atoms with E-state index in [1.807, 2.05) is 36.9 Å². The zero-order valence-electron chi connectivity index (χ0n) is 17.0. The fraction of sp³-hybridized carbons (Fsp3) is 0.227. The van der Waals surface area contributed by atoms with Gasteiger partial charge in [0, 0.05) is 30.7 Å². The molecule has 0 bridgehead atoms. The predicted octanol–water partition coefficient (Wildman–Crippen LogP) is 4.21. The number of carbonyl (C=O) groups excluding carboxylic acids is 1. The number of amides is 1. The van der Waals surface area contributed by atoms with Crippen molar-refractivity contribution in [3.05, 3.63) is 66.0 Å². The first kappa shape index (κ1) is 20.1. The molecule has 0 unspecified atom stereocenters. The highest BCUT2D eigenvalue weighted by molar-refractivity contribution is 6.04. The van der Waals surface area contributed by atoms with E-state index in [0.29, 0.717) is 35.2 Å². The van der Waals surface area contributed by atoms with Crippen molar-refractivity contribution in [1.82, 2.24) is 9.97 Å². The Balaban J connectivity index is 1.80. The second-order valence-corrected chi connectivity index (χ2v) is 6.38. The zero-order valence-corrected chi connectivity index (χ0v) is 17.0. The molecule has 7 nitrogen and oxygen atoms in total. The van der Waals surface area contributed by atoms with Crippen LogP contribution in [-0.4, -0.2) is 36.6 Å². The van der Waals surface area contributed by atoms with Crippen molar-refractivity contribution in [2.75, 3.05) is 31.0 Å². The standard InChI is InChI=1S/C22H24N4O3/c1-5-26(17-8-6-7-15(2)11-17)22-23-13-16(14-24-22)21(27)25-19-12-18(28-3)9-10-20(19)29-4/h6-14H,5H2,1-4H3,(H,25,27). The molecule has 7 heteroatoms. The number of methoxy groups -OCH3 is 2. The molecular formula is C22H24N4O3. The van der Waals surface area contributed by atoms with Crippen molar-refractivity contribution in [2.24, 2.45) is 0 Å². The van der Waals surface area contributed by atoms with Crippen molar-refractivity contribution in [3.63, 3.8) is 0 Å². The van der Waals surface area contributed by atoms with Crippen LogP contribution in [0.3, 0.4) is 0 Å². The molecule has 3 aromatic rings. The van der Waals surface area contributed by atoms with Crippen molar-refractivity contribution in [2.45, 2.75) is 13.8 Å². The Labute approximate surface area is 170 Å². The second kappa shape index (κ2) is 9.05. The molecule has 2 aromatic carbocycles. The van der Waals surface area contributed by atoms with E-state index >= 15 is 0 Å². The maximum atomic E-state index is 12.6. The molecule has 0 fully saturated rings. The third-order valence-corrected chi connectivity index (χ3v) is 4.43. The summed E-state index contributed by atoms with van der Waals surface area (Å²) in [4.78, 5) is 23.4. The third kappa shape index (κ3) is 4.63. The Morgan fingerprint density at radius 2 is 1.83 bits per heavy atom. The topological polar surface area (TPSA) is 76.6 Å². The molecule has 3 rings (SSSR count). The van der Waals surface area contributed by atoms with Crippen LogP contribution in [0.4, 0.5) is 17.3 Å². The van der Waals surface area contributed by atoms with Gasteiger partial charge >= 0.3 is 0 Å². The fourth-order valence-electron chi connectivity index (χ4n) is 2.92. The van der Waals surface area contributed by atoms with Crippen LogP contribution >= 0.6 is 0 Å². The van der Waals surface area contributed by atoms with Gasteiger partial charge in [0.1, 0.15) is 11.5 Å². The number of hydrogen-bond donors (Lipinski definition) is 1. The number of benzene rings is 2. The van der Waals surface area contributed by atoms with Crippen LogP contribution in [0.2, 0.25) is 0 Å². The molecule has 0 saturated heterocycles. The lowest BCUT2D eigenvalue weighted by molar-refractivity contribution is 0.102. The molecule has 0 atom stereocenters. The quantitative estimate of drug-likeness (QED) is 0.649. The van der Waals surface area contributed by atoms with E-state index in [0.717, 1.165) is 11.3 Å². The van der Waals surface area contributed by atoms with Gasteiger partial charge in [-0.2, -0.15) is 0 Å². The van der Waals surface area contributed by atoms with Gasteiger partial charge in [-0.15, -0.1) is 0 Å². The molecule has 1 heterocycles. The van der Waals surface area contributed by atoms with E-state index < -0.39 is 0 Å². The van der Waals surface area contributed by atoms with E-state index in [-0.39, 0.29) is 5.91 Å². The number of rotatable bonds is 7. The molecule has 29 heavy (non-hydrogen) atoms. The van der Waals surface area contributed by atoms with Crippen LogP contribution in [0.1, 0.15) is 22.8 Å². The van der Waals surface area contributed by atoms with Crippen LogP contribution in [0.5, 0.6) is 11.5 Å². The summed E-state index contributed by atoms with van der Waals surface area (Å²) in [6, 6.07) is 13.3. The van der Waals surface area contributed by atoms with Gasteiger partial charge in [0.25, 0.3) is 5.91 Å². The molecule has 1 aromatic heterocycles. The summed E-state index contributed by atoms with van der Waals surface area (Å²) in [5.41, 5.74) is 3.02. The number of aromatic nitrogens is 2. The summed E-state index contributed by atoms with van der Waals surface area (Å²) >= 11 is 0. The third-order valence-electron chi connectivity index (χ3n) is 4.43. The molecular weight excluding hydrogens is 368 g/mol. The van der Waals surface area contributed by atoms with E-state index in [9.17, 15) is 4.79 Å². The summed E-state index contributed by atoms with van der Waals surface area (Å²) in [7, 11) is 3.10. The number of nitrogens with one attached hydrogen (secondary N) is 1. The first-order valence-electron chi connectivity index (χ1n) is 9.25. The minimum atomic E-state index is -0.332. The summed E-state index contributed by atoms with van der Waals surface area (Å²) in [6.45, 7) is 4.77. The average Bonchev–Trinajstić information content (AvgIpc) is 2.74. The normalized spacial score (nSPS) is 10.3. The van der Waals surface area contributed by atoms with Gasteiger partial charge in [0.2, 0.25) is 5.95 Å². The van der Waals surface area contributed by atoms with E-state index in [1.54, 1.807) is 32.4 Å². The Morgan fingerprint density at radius 1 is 1.07 bits per heavy atom. The highest BCUT2D eigenvalue weighted by Crippen LogP contribution is 2.29. The molecule has 150 valence electrons. The van der Waals surface area contributed by atoms with E-state index in [2.05, 4.69) is 21.4 Å². The van der Waals surface area contributed by atoms with E-state index in [4.69, 9.17) is 9.47 Å². The monoisotopic (exact) mass is 392 g/mol. The van der Waals surface area contributed by atoms with Gasteiger partial charge in [0.15, 0.2) is 0 Å². The van der Waals surface area contributed by atoms with Gasteiger partial charge in [-0.05, 0) is 43.7 Å². The summed E-state index contributed by atoms with van der Waals surface area (Å²) < 4.78 is 10.5. The van der Waals surface area contributed by atoms with Gasteiger partial charge in [-0.25, -0.2) is 9.97 Å². The maximum Gasteiger partial charge on any atom is 0.258 e. The first-order chi connectivity index (χ1) is 14.0. The minimum Gasteiger partial charge on any atom is -0.497 e. The smallest absolute Gasteiger partial charge is 0.258 e. The second-order valence-electron chi connectivity index (χ2n) is 6.38. The highest BCUT2D eigenvalue weighted by atomic mass is 16.5. The number of anilines is 3. The molecule has 1 amide bonds. The molecule has 0 spiro atoms. The fourth-order valence-corrected chi connectivity index (χ4v) is 2.92. The minimum absolute atomic E-state index is 0.332. The maximum absolute atomic E-state index is 12.6. The van der Waals surface area contributed by atoms with Crippen molar-refractivity contribution >= 4 is 23.2 Å². The Bertz CT molecular complexity index is 990. The SMILES string of the molecule is CCN(c1cccc(C)c1)c1ncc(C(=O)Nc2cc(OC)ccc2OC)cn1. The molecule has 0 radical (unpaired) electrons. The van der Waals surface area contributed by atoms with Crippen LogP contribution < -0.4 is 19.7 Å². The average molecular weight is 392 g/mol. The lowest BCUT2D eigenvalue weighted by Gasteiger charge is -2.21. The van der Waals surface area contributed by atoms with Gasteiger partial charge in [0.05, 0.1) is 25.5 Å². The number of carbonyl (C=O) groups is 1. The van der Waals surface area contributed by atoms with Crippen molar-refractivity contribution in [1.29, 1.82) is 0 Å². The number of ether oxygens (including phenoxy) is 2. The molecule has 0 aliphatic carbocycles. The number of aryl methyl sites for hydroxylation is 1. The molecule has 0 saturated carbocycles. The summed E-state index contributed by atoms with van der Waals surface area (Å²) in [5, 5.41) is 2.82. The van der Waals surface area contributed by atoms with E-state index in [1.165, 1.54) is 12.4 Å². The largest absolute Gasteiger partial charge is 0.497 e. The lowest BCUT2D eigenvalue weighted by atomic mass is 10.2. The van der Waals surface area contributed by atoms with Crippen LogP contribution in [0.15, 0.2) is 54.9 Å². The Morgan fingerprint density at radius 3 is 2.45 bits per heavy atom. The predicted molar refractivity (Wildman–Crippen MR) is 113 cm³/mol.